The number of aromatic nitrogens is 3. The Hall–Kier alpha value is -3.40. The Kier molecular flexibility index (Phi) is 4.93. The Morgan fingerprint density at radius 1 is 0.909 bits per heavy atom. The zero-order chi connectivity index (χ0) is 23.5. The van der Waals surface area contributed by atoms with E-state index in [-0.39, 0.29) is 5.41 Å². The van der Waals surface area contributed by atoms with Crippen molar-refractivity contribution in [2.75, 3.05) is 0 Å². The molecule has 0 aliphatic carbocycles. The number of pyridine rings is 1. The molecule has 3 aromatic heterocycles. The van der Waals surface area contributed by atoms with Gasteiger partial charge in [0.05, 0.1) is 5.41 Å². The molecule has 0 atom stereocenters. The van der Waals surface area contributed by atoms with Gasteiger partial charge in [0, 0.05) is 35.4 Å². The second-order valence-electron chi connectivity index (χ2n) is 10.3. The van der Waals surface area contributed by atoms with E-state index in [1.165, 1.54) is 28.5 Å². The standard InChI is InChI=1S/C29H32N3O/c1-18(2)24-20(4)31(28(29(5,6)7)32(24)21-12-9-8-10-13-21)25-19(3)15-16-22-23-14-11-17-30-27(23)33-26(22)25/h8-18H,1-7H3/q+1. The van der Waals surface area contributed by atoms with Gasteiger partial charge in [0.2, 0.25) is 5.71 Å². The summed E-state index contributed by atoms with van der Waals surface area (Å²) < 4.78 is 11.3. The number of hydrogen-bond donors (Lipinski definition) is 0. The molecule has 5 rings (SSSR count). The molecule has 0 spiro atoms. The topological polar surface area (TPSA) is 34.8 Å². The molecule has 2 aromatic carbocycles. The van der Waals surface area contributed by atoms with E-state index in [1.54, 1.807) is 6.20 Å². The number of imidazole rings is 1. The third-order valence-corrected chi connectivity index (χ3v) is 6.42. The quantitative estimate of drug-likeness (QED) is 0.282. The SMILES string of the molecule is Cc1ccc2c(oc3ncccc32)c1-[n+]1c(C)c(C(C)C)n(-c2ccccc2)c1C(C)(C)C. The lowest BCUT2D eigenvalue weighted by Crippen LogP contribution is -2.43. The summed E-state index contributed by atoms with van der Waals surface area (Å²) >= 11 is 0. The second-order valence-corrected chi connectivity index (χ2v) is 10.3. The van der Waals surface area contributed by atoms with Crippen molar-refractivity contribution in [2.24, 2.45) is 0 Å². The number of hydrogen-bond acceptors (Lipinski definition) is 2. The third kappa shape index (κ3) is 3.28. The van der Waals surface area contributed by atoms with Gasteiger partial charge in [-0.1, -0.05) is 38.1 Å². The lowest BCUT2D eigenvalue weighted by atomic mass is 9.94. The molecule has 0 N–H and O–H groups in total. The van der Waals surface area contributed by atoms with Crippen LogP contribution in [0.4, 0.5) is 0 Å². The van der Waals surface area contributed by atoms with Crippen LogP contribution < -0.4 is 4.57 Å². The van der Waals surface area contributed by atoms with E-state index in [4.69, 9.17) is 4.42 Å². The molecule has 0 bridgehead atoms. The number of rotatable bonds is 3. The van der Waals surface area contributed by atoms with Crippen LogP contribution >= 0.6 is 0 Å². The van der Waals surface area contributed by atoms with Crippen LogP contribution in [0.5, 0.6) is 0 Å². The molecule has 0 aliphatic rings. The molecule has 0 aliphatic heterocycles. The van der Waals surface area contributed by atoms with Gasteiger partial charge in [-0.2, -0.15) is 9.13 Å². The zero-order valence-electron chi connectivity index (χ0n) is 20.6. The summed E-state index contributed by atoms with van der Waals surface area (Å²) in [6, 6.07) is 19.1. The van der Waals surface area contributed by atoms with Crippen LogP contribution in [0.15, 0.2) is 65.2 Å². The lowest BCUT2D eigenvalue weighted by molar-refractivity contribution is -0.613. The van der Waals surface area contributed by atoms with Crippen LogP contribution in [0.25, 0.3) is 33.4 Å². The van der Waals surface area contributed by atoms with Gasteiger partial charge < -0.3 is 4.42 Å². The summed E-state index contributed by atoms with van der Waals surface area (Å²) in [6.45, 7) is 15.8. The second kappa shape index (κ2) is 7.58. The molecule has 33 heavy (non-hydrogen) atoms. The molecular weight excluding hydrogens is 406 g/mol. The van der Waals surface area contributed by atoms with Gasteiger partial charge in [0.25, 0.3) is 5.82 Å². The van der Waals surface area contributed by atoms with Crippen LogP contribution in [0, 0.1) is 13.8 Å². The first-order chi connectivity index (χ1) is 15.7. The van der Waals surface area contributed by atoms with Crippen LogP contribution in [-0.4, -0.2) is 9.55 Å². The Labute approximate surface area is 195 Å². The average molecular weight is 439 g/mol. The van der Waals surface area contributed by atoms with Gasteiger partial charge in [-0.15, -0.1) is 0 Å². The summed E-state index contributed by atoms with van der Waals surface area (Å²) in [7, 11) is 0. The molecule has 3 heterocycles. The van der Waals surface area contributed by atoms with E-state index in [2.05, 4.69) is 111 Å². The van der Waals surface area contributed by atoms with Crippen LogP contribution in [0.1, 0.15) is 63.3 Å². The minimum Gasteiger partial charge on any atom is -0.433 e. The maximum Gasteiger partial charge on any atom is 0.272 e. The van der Waals surface area contributed by atoms with Crippen molar-refractivity contribution in [2.45, 2.75) is 59.8 Å². The van der Waals surface area contributed by atoms with Crippen LogP contribution in [0.2, 0.25) is 0 Å². The van der Waals surface area contributed by atoms with E-state index in [9.17, 15) is 0 Å². The first kappa shape index (κ1) is 21.4. The fraction of sp³-hybridized carbons (Fsp3) is 0.310. The van der Waals surface area contributed by atoms with E-state index in [0.717, 1.165) is 22.0 Å². The molecule has 5 aromatic rings. The van der Waals surface area contributed by atoms with Gasteiger partial charge in [-0.25, -0.2) is 4.98 Å². The number of benzene rings is 2. The number of furan rings is 1. The van der Waals surface area contributed by atoms with E-state index >= 15 is 0 Å². The number of aryl methyl sites for hydroxylation is 1. The van der Waals surface area contributed by atoms with E-state index in [0.29, 0.717) is 11.6 Å². The fourth-order valence-corrected chi connectivity index (χ4v) is 5.14. The summed E-state index contributed by atoms with van der Waals surface area (Å²) in [6.07, 6.45) is 1.79. The predicted molar refractivity (Wildman–Crippen MR) is 135 cm³/mol. The van der Waals surface area contributed by atoms with Crippen molar-refractivity contribution in [3.63, 3.8) is 0 Å². The Morgan fingerprint density at radius 3 is 2.30 bits per heavy atom. The molecule has 168 valence electrons. The molecule has 0 amide bonds. The van der Waals surface area contributed by atoms with Crippen molar-refractivity contribution in [1.29, 1.82) is 0 Å². The largest absolute Gasteiger partial charge is 0.433 e. The number of nitrogens with zero attached hydrogens (tertiary/aromatic N) is 3. The van der Waals surface area contributed by atoms with Gasteiger partial charge in [0.15, 0.2) is 17.0 Å². The lowest BCUT2D eigenvalue weighted by Gasteiger charge is -2.19. The summed E-state index contributed by atoms with van der Waals surface area (Å²) in [4.78, 5) is 4.49. The molecule has 4 nitrogen and oxygen atoms in total. The van der Waals surface area contributed by atoms with Crippen molar-refractivity contribution in [3.05, 3.63) is 83.6 Å². The van der Waals surface area contributed by atoms with E-state index < -0.39 is 0 Å². The maximum absolute atomic E-state index is 6.42. The molecule has 0 fully saturated rings. The first-order valence-electron chi connectivity index (χ1n) is 11.7. The maximum atomic E-state index is 6.42. The Morgan fingerprint density at radius 2 is 1.64 bits per heavy atom. The van der Waals surface area contributed by atoms with Crippen LogP contribution in [-0.2, 0) is 5.41 Å². The highest BCUT2D eigenvalue weighted by Crippen LogP contribution is 2.36. The Balaban J connectivity index is 1.98. The summed E-state index contributed by atoms with van der Waals surface area (Å²) in [5, 5.41) is 2.15. The molecule has 4 heteroatoms. The van der Waals surface area contributed by atoms with Crippen molar-refractivity contribution >= 4 is 22.1 Å². The minimum atomic E-state index is -0.118. The van der Waals surface area contributed by atoms with Crippen molar-refractivity contribution in [3.8, 4) is 11.4 Å². The molecule has 0 unspecified atom stereocenters. The molecule has 0 saturated heterocycles. The highest BCUT2D eigenvalue weighted by molar-refractivity contribution is 6.06. The van der Waals surface area contributed by atoms with Crippen molar-refractivity contribution < 1.29 is 8.98 Å². The number of fused-ring (bicyclic) bond motifs is 3. The smallest absolute Gasteiger partial charge is 0.272 e. The summed E-state index contributed by atoms with van der Waals surface area (Å²) in [5.74, 6) is 1.59. The molecular formula is C29H32N3O+. The van der Waals surface area contributed by atoms with Gasteiger partial charge in [0.1, 0.15) is 11.4 Å². The normalized spacial score (nSPS) is 12.4. The highest BCUT2D eigenvalue weighted by Gasteiger charge is 2.40. The zero-order valence-corrected chi connectivity index (χ0v) is 20.6. The summed E-state index contributed by atoms with van der Waals surface area (Å²) in [5.41, 5.74) is 7.48. The molecule has 0 radical (unpaired) electrons. The van der Waals surface area contributed by atoms with Gasteiger partial charge in [-0.05, 0) is 58.0 Å². The number of para-hydroxylation sites is 1. The fourth-order valence-electron chi connectivity index (χ4n) is 5.14. The Bertz CT molecular complexity index is 1480. The molecule has 0 saturated carbocycles. The monoisotopic (exact) mass is 438 g/mol. The van der Waals surface area contributed by atoms with Gasteiger partial charge in [-0.3, -0.25) is 0 Å². The van der Waals surface area contributed by atoms with Crippen molar-refractivity contribution in [1.82, 2.24) is 9.55 Å². The minimum absolute atomic E-state index is 0.118. The highest BCUT2D eigenvalue weighted by atomic mass is 16.3. The first-order valence-corrected chi connectivity index (χ1v) is 11.7. The predicted octanol–water partition coefficient (Wildman–Crippen LogP) is 7.09. The van der Waals surface area contributed by atoms with Gasteiger partial charge >= 0.3 is 0 Å². The van der Waals surface area contributed by atoms with E-state index in [1.807, 2.05) is 6.07 Å². The average Bonchev–Trinajstić information content (AvgIpc) is 3.29. The van der Waals surface area contributed by atoms with Crippen LogP contribution in [0.3, 0.4) is 0 Å². The third-order valence-electron chi connectivity index (χ3n) is 6.42.